The molecule has 0 heterocycles. The van der Waals surface area contributed by atoms with Gasteiger partial charge in [0.2, 0.25) is 0 Å². The monoisotopic (exact) mass is 212 g/mol. The molecule has 0 spiro atoms. The molecule has 0 bridgehead atoms. The Hall–Kier alpha value is -1.02. The van der Waals surface area contributed by atoms with Gasteiger partial charge in [-0.25, -0.2) is 0 Å². The fourth-order valence-electron chi connectivity index (χ4n) is 1.24. The number of alkyl halides is 1. The largest absolute Gasteiger partial charge is 0.468 e. The van der Waals surface area contributed by atoms with Crippen molar-refractivity contribution in [1.82, 2.24) is 0 Å². The van der Waals surface area contributed by atoms with Crippen LogP contribution in [0.25, 0.3) is 0 Å². The normalized spacial score (nSPS) is 14.5. The number of carbonyl (C=O) groups excluding carboxylic acids is 1. The van der Waals surface area contributed by atoms with Gasteiger partial charge in [0.1, 0.15) is 5.38 Å². The molecule has 0 unspecified atom stereocenters. The average molecular weight is 213 g/mol. The standard InChI is InChI=1S/C11H13ClO2/c1-8(10(12)11(13)14-2)9-6-4-3-5-7-9/h3-8,10H,1-2H3/t8-,10-/m1/s1. The molecular formula is C11H13ClO2. The summed E-state index contributed by atoms with van der Waals surface area (Å²) in [6, 6.07) is 9.67. The Morgan fingerprint density at radius 3 is 2.43 bits per heavy atom. The minimum Gasteiger partial charge on any atom is -0.468 e. The maximum Gasteiger partial charge on any atom is 0.324 e. The van der Waals surface area contributed by atoms with E-state index in [2.05, 4.69) is 4.74 Å². The number of rotatable bonds is 3. The minimum absolute atomic E-state index is 0.0367. The summed E-state index contributed by atoms with van der Waals surface area (Å²) in [4.78, 5) is 11.2. The van der Waals surface area contributed by atoms with E-state index in [1.165, 1.54) is 7.11 Å². The second kappa shape index (κ2) is 5.01. The fraction of sp³-hybridized carbons (Fsp3) is 0.364. The van der Waals surface area contributed by atoms with Crippen LogP contribution in [0, 0.1) is 0 Å². The second-order valence-electron chi connectivity index (χ2n) is 3.12. The Labute approximate surface area is 88.8 Å². The first kappa shape index (κ1) is 11.1. The number of esters is 1. The third kappa shape index (κ3) is 2.48. The number of methoxy groups -OCH3 is 1. The van der Waals surface area contributed by atoms with Gasteiger partial charge in [-0.2, -0.15) is 0 Å². The first-order chi connectivity index (χ1) is 6.66. The van der Waals surface area contributed by atoms with E-state index in [9.17, 15) is 4.79 Å². The van der Waals surface area contributed by atoms with Crippen LogP contribution < -0.4 is 0 Å². The Bertz CT molecular complexity index is 297. The molecule has 1 aromatic carbocycles. The smallest absolute Gasteiger partial charge is 0.324 e. The predicted octanol–water partition coefficient (Wildman–Crippen LogP) is 2.57. The van der Waals surface area contributed by atoms with E-state index in [0.717, 1.165) is 5.56 Å². The lowest BCUT2D eigenvalue weighted by Gasteiger charge is -2.15. The van der Waals surface area contributed by atoms with E-state index in [4.69, 9.17) is 11.6 Å². The van der Waals surface area contributed by atoms with Crippen molar-refractivity contribution in [3.05, 3.63) is 35.9 Å². The summed E-state index contributed by atoms with van der Waals surface area (Å²) in [6.07, 6.45) is 0. The van der Waals surface area contributed by atoms with Gasteiger partial charge in [0.05, 0.1) is 7.11 Å². The lowest BCUT2D eigenvalue weighted by atomic mass is 9.98. The van der Waals surface area contributed by atoms with Crippen molar-refractivity contribution >= 4 is 17.6 Å². The zero-order valence-electron chi connectivity index (χ0n) is 8.24. The molecule has 14 heavy (non-hydrogen) atoms. The van der Waals surface area contributed by atoms with Crippen molar-refractivity contribution in [2.75, 3.05) is 7.11 Å². The van der Waals surface area contributed by atoms with Crippen LogP contribution >= 0.6 is 11.6 Å². The number of hydrogen-bond donors (Lipinski definition) is 0. The highest BCUT2D eigenvalue weighted by molar-refractivity contribution is 6.30. The molecule has 0 aliphatic heterocycles. The van der Waals surface area contributed by atoms with Crippen LogP contribution in [0.15, 0.2) is 30.3 Å². The first-order valence-corrected chi connectivity index (χ1v) is 4.87. The van der Waals surface area contributed by atoms with Gasteiger partial charge in [0, 0.05) is 5.92 Å². The van der Waals surface area contributed by atoms with Gasteiger partial charge in [-0.1, -0.05) is 37.3 Å². The molecule has 2 atom stereocenters. The molecule has 0 aliphatic carbocycles. The van der Waals surface area contributed by atoms with Gasteiger partial charge in [0.25, 0.3) is 0 Å². The van der Waals surface area contributed by atoms with E-state index >= 15 is 0 Å². The summed E-state index contributed by atoms with van der Waals surface area (Å²) in [5.74, 6) is -0.423. The van der Waals surface area contributed by atoms with Crippen LogP contribution in [0.2, 0.25) is 0 Å². The maximum absolute atomic E-state index is 11.2. The number of hydrogen-bond acceptors (Lipinski definition) is 2. The van der Waals surface area contributed by atoms with Gasteiger partial charge < -0.3 is 4.74 Å². The SMILES string of the molecule is COC(=O)[C@H](Cl)[C@H](C)c1ccccc1. The minimum atomic E-state index is -0.623. The van der Waals surface area contributed by atoms with E-state index in [-0.39, 0.29) is 11.9 Å². The first-order valence-electron chi connectivity index (χ1n) is 4.43. The highest BCUT2D eigenvalue weighted by Gasteiger charge is 2.24. The second-order valence-corrected chi connectivity index (χ2v) is 3.59. The van der Waals surface area contributed by atoms with E-state index < -0.39 is 5.38 Å². The molecule has 0 aliphatic rings. The van der Waals surface area contributed by atoms with E-state index in [0.29, 0.717) is 0 Å². The summed E-state index contributed by atoms with van der Waals surface area (Å²) in [6.45, 7) is 1.91. The lowest BCUT2D eigenvalue weighted by molar-refractivity contribution is -0.140. The van der Waals surface area contributed by atoms with Crippen molar-refractivity contribution < 1.29 is 9.53 Å². The van der Waals surface area contributed by atoms with Crippen molar-refractivity contribution in [2.45, 2.75) is 18.2 Å². The Morgan fingerprint density at radius 1 is 1.36 bits per heavy atom. The Kier molecular flexibility index (Phi) is 3.96. The maximum atomic E-state index is 11.2. The quantitative estimate of drug-likeness (QED) is 0.569. The van der Waals surface area contributed by atoms with Crippen LogP contribution in [0.3, 0.4) is 0 Å². The van der Waals surface area contributed by atoms with Crippen molar-refractivity contribution in [2.24, 2.45) is 0 Å². The molecule has 0 radical (unpaired) electrons. The van der Waals surface area contributed by atoms with Crippen molar-refractivity contribution in [3.8, 4) is 0 Å². The fourth-order valence-corrected chi connectivity index (χ4v) is 1.48. The molecule has 1 aromatic rings. The summed E-state index contributed by atoms with van der Waals surface area (Å²) in [5.41, 5.74) is 1.04. The zero-order chi connectivity index (χ0) is 10.6. The van der Waals surface area contributed by atoms with Gasteiger partial charge >= 0.3 is 5.97 Å². The Morgan fingerprint density at radius 2 is 1.93 bits per heavy atom. The molecule has 76 valence electrons. The van der Waals surface area contributed by atoms with Crippen LogP contribution in [0.1, 0.15) is 18.4 Å². The van der Waals surface area contributed by atoms with Crippen LogP contribution in [0.4, 0.5) is 0 Å². The molecule has 2 nitrogen and oxygen atoms in total. The summed E-state index contributed by atoms with van der Waals surface area (Å²) in [5, 5.41) is -0.623. The van der Waals surface area contributed by atoms with E-state index in [1.54, 1.807) is 0 Å². The molecule has 0 saturated carbocycles. The number of ether oxygens (including phenoxy) is 1. The molecule has 0 saturated heterocycles. The Balaban J connectivity index is 2.75. The molecule has 3 heteroatoms. The third-order valence-corrected chi connectivity index (χ3v) is 2.75. The molecule has 0 amide bonds. The van der Waals surface area contributed by atoms with Crippen LogP contribution in [-0.4, -0.2) is 18.5 Å². The lowest BCUT2D eigenvalue weighted by Crippen LogP contribution is -2.22. The molecule has 1 rings (SSSR count). The van der Waals surface area contributed by atoms with Crippen molar-refractivity contribution in [1.29, 1.82) is 0 Å². The van der Waals surface area contributed by atoms with Crippen LogP contribution in [0.5, 0.6) is 0 Å². The molecular weight excluding hydrogens is 200 g/mol. The van der Waals surface area contributed by atoms with E-state index in [1.807, 2.05) is 37.3 Å². The molecule has 0 N–H and O–H groups in total. The number of benzene rings is 1. The predicted molar refractivity (Wildman–Crippen MR) is 56.5 cm³/mol. The third-order valence-electron chi connectivity index (χ3n) is 2.19. The van der Waals surface area contributed by atoms with Gasteiger partial charge in [-0.05, 0) is 5.56 Å². The summed E-state index contributed by atoms with van der Waals surface area (Å²) in [7, 11) is 1.34. The van der Waals surface area contributed by atoms with Gasteiger partial charge in [0.15, 0.2) is 0 Å². The zero-order valence-corrected chi connectivity index (χ0v) is 8.99. The van der Waals surface area contributed by atoms with Gasteiger partial charge in [-0.3, -0.25) is 4.79 Å². The highest BCUT2D eigenvalue weighted by atomic mass is 35.5. The van der Waals surface area contributed by atoms with Crippen LogP contribution in [-0.2, 0) is 9.53 Å². The average Bonchev–Trinajstić information content (AvgIpc) is 2.27. The molecule has 0 fully saturated rings. The summed E-state index contributed by atoms with van der Waals surface area (Å²) < 4.78 is 4.58. The number of halogens is 1. The molecule has 0 aromatic heterocycles. The highest BCUT2D eigenvalue weighted by Crippen LogP contribution is 2.23. The number of carbonyl (C=O) groups is 1. The summed E-state index contributed by atoms with van der Waals surface area (Å²) >= 11 is 5.94. The van der Waals surface area contributed by atoms with Crippen molar-refractivity contribution in [3.63, 3.8) is 0 Å². The van der Waals surface area contributed by atoms with Gasteiger partial charge in [-0.15, -0.1) is 11.6 Å². The topological polar surface area (TPSA) is 26.3 Å².